The van der Waals surface area contributed by atoms with Gasteiger partial charge in [-0.3, -0.25) is 4.79 Å². The molecule has 1 amide bonds. The number of halogens is 1. The van der Waals surface area contributed by atoms with Gasteiger partial charge >= 0.3 is 0 Å². The average Bonchev–Trinajstić information content (AvgIpc) is 2.85. The molecule has 0 aromatic heterocycles. The van der Waals surface area contributed by atoms with Crippen molar-refractivity contribution >= 4 is 28.5 Å². The highest BCUT2D eigenvalue weighted by molar-refractivity contribution is 14.1. The molecule has 1 aliphatic rings. The van der Waals surface area contributed by atoms with Gasteiger partial charge in [-0.05, 0) is 58.3 Å². The third kappa shape index (κ3) is 2.39. The molecule has 3 heteroatoms. The quantitative estimate of drug-likeness (QED) is 0.707. The van der Waals surface area contributed by atoms with Gasteiger partial charge in [0.25, 0.3) is 5.91 Å². The topological polar surface area (TPSA) is 20.3 Å². The molecule has 0 aliphatic carbocycles. The first-order valence-electron chi connectivity index (χ1n) is 6.27. The molecule has 2 aromatic carbocycles. The number of rotatable bonds is 1. The van der Waals surface area contributed by atoms with E-state index in [2.05, 4.69) is 41.6 Å². The van der Waals surface area contributed by atoms with E-state index in [9.17, 15) is 4.79 Å². The molecule has 0 atom stereocenters. The summed E-state index contributed by atoms with van der Waals surface area (Å²) in [5.41, 5.74) is 4.51. The number of hydrogen-bond donors (Lipinski definition) is 0. The van der Waals surface area contributed by atoms with Crippen LogP contribution >= 0.6 is 22.6 Å². The summed E-state index contributed by atoms with van der Waals surface area (Å²) < 4.78 is 1.14. The molecule has 1 heterocycles. The van der Waals surface area contributed by atoms with Gasteiger partial charge in [-0.1, -0.05) is 30.3 Å². The summed E-state index contributed by atoms with van der Waals surface area (Å²) in [6.45, 7) is 3.50. The molecule has 0 fully saturated rings. The third-order valence-corrected chi connectivity index (χ3v) is 4.71. The van der Waals surface area contributed by atoms with Crippen molar-refractivity contribution in [1.82, 2.24) is 4.90 Å². The molecule has 1 aliphatic heterocycles. The van der Waals surface area contributed by atoms with Crippen molar-refractivity contribution in [3.63, 3.8) is 0 Å². The molecule has 0 saturated carbocycles. The van der Waals surface area contributed by atoms with Crippen LogP contribution in [0.3, 0.4) is 0 Å². The van der Waals surface area contributed by atoms with Crippen molar-refractivity contribution in [1.29, 1.82) is 0 Å². The van der Waals surface area contributed by atoms with Crippen molar-refractivity contribution in [3.05, 3.63) is 68.3 Å². The molecule has 0 N–H and O–H groups in total. The number of aryl methyl sites for hydroxylation is 1. The van der Waals surface area contributed by atoms with Crippen LogP contribution in [0.25, 0.3) is 0 Å². The monoisotopic (exact) mass is 363 g/mol. The Morgan fingerprint density at radius 1 is 1.11 bits per heavy atom. The van der Waals surface area contributed by atoms with Crippen molar-refractivity contribution in [3.8, 4) is 0 Å². The van der Waals surface area contributed by atoms with Crippen LogP contribution in [0.15, 0.2) is 42.5 Å². The molecule has 0 unspecified atom stereocenters. The van der Waals surface area contributed by atoms with Crippen LogP contribution in [0.2, 0.25) is 0 Å². The predicted molar refractivity (Wildman–Crippen MR) is 83.9 cm³/mol. The summed E-state index contributed by atoms with van der Waals surface area (Å²) in [6.07, 6.45) is 0. The zero-order chi connectivity index (χ0) is 13.4. The predicted octanol–water partition coefficient (Wildman–Crippen LogP) is 3.76. The number of amides is 1. The fourth-order valence-corrected chi connectivity index (χ4v) is 2.90. The Hall–Kier alpha value is -1.36. The van der Waals surface area contributed by atoms with Crippen LogP contribution in [0, 0.1) is 10.5 Å². The van der Waals surface area contributed by atoms with E-state index in [0.29, 0.717) is 0 Å². The Morgan fingerprint density at radius 3 is 2.32 bits per heavy atom. The molecular weight excluding hydrogens is 349 g/mol. The molecule has 3 rings (SSSR count). The molecule has 0 radical (unpaired) electrons. The van der Waals surface area contributed by atoms with Crippen molar-refractivity contribution in [2.24, 2.45) is 0 Å². The average molecular weight is 363 g/mol. The molecule has 96 valence electrons. The first-order chi connectivity index (χ1) is 9.15. The highest BCUT2D eigenvalue weighted by Crippen LogP contribution is 2.24. The Morgan fingerprint density at radius 2 is 1.74 bits per heavy atom. The second-order valence-corrected chi connectivity index (χ2v) is 6.06. The standard InChI is InChI=1S/C16H14INO/c1-11-6-7-12(8-15(11)17)16(19)18-9-13-4-2-3-5-14(13)10-18/h2-8H,9-10H2,1H3. The van der Waals surface area contributed by atoms with Gasteiger partial charge in [-0.25, -0.2) is 0 Å². The molecule has 0 spiro atoms. The minimum Gasteiger partial charge on any atom is -0.330 e. The molecule has 2 nitrogen and oxygen atoms in total. The molecule has 0 bridgehead atoms. The Labute approximate surface area is 126 Å². The largest absolute Gasteiger partial charge is 0.330 e. The lowest BCUT2D eigenvalue weighted by molar-refractivity contribution is 0.0751. The number of fused-ring (bicyclic) bond motifs is 1. The van der Waals surface area contributed by atoms with Crippen molar-refractivity contribution in [2.45, 2.75) is 20.0 Å². The fraction of sp³-hybridized carbons (Fsp3) is 0.188. The van der Waals surface area contributed by atoms with Gasteiger partial charge in [0.1, 0.15) is 0 Å². The summed E-state index contributed by atoms with van der Waals surface area (Å²) in [4.78, 5) is 14.4. The maximum absolute atomic E-state index is 12.5. The van der Waals surface area contributed by atoms with Gasteiger partial charge in [0.2, 0.25) is 0 Å². The third-order valence-electron chi connectivity index (χ3n) is 3.55. The first-order valence-corrected chi connectivity index (χ1v) is 7.35. The van der Waals surface area contributed by atoms with E-state index in [4.69, 9.17) is 0 Å². The van der Waals surface area contributed by atoms with Gasteiger partial charge in [-0.15, -0.1) is 0 Å². The number of carbonyl (C=O) groups is 1. The SMILES string of the molecule is Cc1ccc(C(=O)N2Cc3ccccc3C2)cc1I. The Balaban J connectivity index is 1.85. The van der Waals surface area contributed by atoms with Crippen LogP contribution in [0.5, 0.6) is 0 Å². The van der Waals surface area contributed by atoms with Gasteiger partial charge in [0.15, 0.2) is 0 Å². The number of hydrogen-bond acceptors (Lipinski definition) is 1. The Kier molecular flexibility index (Phi) is 3.31. The van der Waals surface area contributed by atoms with Crippen LogP contribution < -0.4 is 0 Å². The summed E-state index contributed by atoms with van der Waals surface area (Å²) >= 11 is 2.28. The van der Waals surface area contributed by atoms with E-state index in [0.717, 1.165) is 22.2 Å². The van der Waals surface area contributed by atoms with Crippen LogP contribution in [-0.2, 0) is 13.1 Å². The lowest BCUT2D eigenvalue weighted by Crippen LogP contribution is -2.25. The van der Waals surface area contributed by atoms with E-state index in [-0.39, 0.29) is 5.91 Å². The van der Waals surface area contributed by atoms with E-state index in [1.807, 2.05) is 35.2 Å². The zero-order valence-electron chi connectivity index (χ0n) is 10.7. The van der Waals surface area contributed by atoms with Gasteiger partial charge in [-0.2, -0.15) is 0 Å². The molecule has 0 saturated heterocycles. The van der Waals surface area contributed by atoms with Crippen LogP contribution in [-0.4, -0.2) is 10.8 Å². The lowest BCUT2D eigenvalue weighted by Gasteiger charge is -2.16. The van der Waals surface area contributed by atoms with Crippen molar-refractivity contribution < 1.29 is 4.79 Å². The van der Waals surface area contributed by atoms with Gasteiger partial charge in [0, 0.05) is 22.2 Å². The minimum absolute atomic E-state index is 0.120. The molecular formula is C16H14INO. The first kappa shape index (κ1) is 12.7. The van der Waals surface area contributed by atoms with E-state index in [1.54, 1.807) is 0 Å². The highest BCUT2D eigenvalue weighted by Gasteiger charge is 2.23. The van der Waals surface area contributed by atoms with E-state index >= 15 is 0 Å². The lowest BCUT2D eigenvalue weighted by atomic mass is 10.1. The molecule has 19 heavy (non-hydrogen) atoms. The summed E-state index contributed by atoms with van der Waals surface area (Å²) in [7, 11) is 0. The smallest absolute Gasteiger partial charge is 0.254 e. The normalized spacial score (nSPS) is 13.5. The summed E-state index contributed by atoms with van der Waals surface area (Å²) in [5, 5.41) is 0. The number of benzene rings is 2. The summed E-state index contributed by atoms with van der Waals surface area (Å²) in [5.74, 6) is 0.120. The molecule has 2 aromatic rings. The van der Waals surface area contributed by atoms with Crippen LogP contribution in [0.1, 0.15) is 27.0 Å². The van der Waals surface area contributed by atoms with Crippen molar-refractivity contribution in [2.75, 3.05) is 0 Å². The van der Waals surface area contributed by atoms with E-state index < -0.39 is 0 Å². The fourth-order valence-electron chi connectivity index (χ4n) is 2.39. The van der Waals surface area contributed by atoms with Gasteiger partial charge < -0.3 is 4.90 Å². The Bertz CT molecular complexity index is 626. The maximum Gasteiger partial charge on any atom is 0.254 e. The highest BCUT2D eigenvalue weighted by atomic mass is 127. The second-order valence-electron chi connectivity index (χ2n) is 4.89. The van der Waals surface area contributed by atoms with E-state index in [1.165, 1.54) is 16.7 Å². The second kappa shape index (κ2) is 4.96. The number of carbonyl (C=O) groups excluding carboxylic acids is 1. The number of nitrogens with zero attached hydrogens (tertiary/aromatic N) is 1. The summed E-state index contributed by atoms with van der Waals surface area (Å²) in [6, 6.07) is 14.2. The maximum atomic E-state index is 12.5. The van der Waals surface area contributed by atoms with Crippen LogP contribution in [0.4, 0.5) is 0 Å². The zero-order valence-corrected chi connectivity index (χ0v) is 12.8. The minimum atomic E-state index is 0.120. The van der Waals surface area contributed by atoms with Gasteiger partial charge in [0.05, 0.1) is 0 Å².